The molecule has 0 atom stereocenters. The minimum absolute atomic E-state index is 0.437. The van der Waals surface area contributed by atoms with E-state index in [1.165, 1.54) is 0 Å². The maximum Gasteiger partial charge on any atom is 0.229 e. The van der Waals surface area contributed by atoms with Gasteiger partial charge in [-0.3, -0.25) is 9.59 Å². The van der Waals surface area contributed by atoms with Crippen molar-refractivity contribution in [3.8, 4) is 11.5 Å². The van der Waals surface area contributed by atoms with E-state index in [0.29, 0.717) is 24.0 Å². The molecule has 0 bridgehead atoms. The molecule has 0 unspecified atom stereocenters. The number of ketones is 2. The number of carbonyl (C=O) groups excluding carboxylic acids is 2. The molecule has 0 radical (unpaired) electrons. The zero-order valence-electron chi connectivity index (χ0n) is 16.0. The molecule has 0 amide bonds. The fraction of sp³-hybridized carbons (Fsp3) is 0.167. The molecule has 0 N–H and O–H groups in total. The highest BCUT2D eigenvalue weighted by Crippen LogP contribution is 2.22. The van der Waals surface area contributed by atoms with Crippen LogP contribution < -0.4 is 9.47 Å². The minimum atomic E-state index is -0.458. The molecule has 0 spiro atoms. The number of carbonyl (C=O) groups is 2. The third kappa shape index (κ3) is 4.65. The summed E-state index contributed by atoms with van der Waals surface area (Å²) in [6, 6.07) is 14.7. The fourth-order valence-electron chi connectivity index (χ4n) is 2.95. The van der Waals surface area contributed by atoms with Crippen molar-refractivity contribution in [1.29, 1.82) is 0 Å². The van der Waals surface area contributed by atoms with E-state index >= 15 is 0 Å². The molecule has 4 heteroatoms. The van der Waals surface area contributed by atoms with Gasteiger partial charge >= 0.3 is 0 Å². The number of hydrogen-bond donors (Lipinski definition) is 0. The number of benzene rings is 2. The molecule has 28 heavy (non-hydrogen) atoms. The van der Waals surface area contributed by atoms with Crippen molar-refractivity contribution in [2.24, 2.45) is 0 Å². The van der Waals surface area contributed by atoms with Gasteiger partial charge in [0.25, 0.3) is 0 Å². The first-order valence-corrected chi connectivity index (χ1v) is 9.04. The van der Waals surface area contributed by atoms with Gasteiger partial charge in [0.1, 0.15) is 11.5 Å². The van der Waals surface area contributed by atoms with Crippen molar-refractivity contribution in [3.05, 3.63) is 83.0 Å². The molecule has 0 aromatic heterocycles. The Hall–Kier alpha value is -3.40. The van der Waals surface area contributed by atoms with E-state index in [-0.39, 0.29) is 0 Å². The van der Waals surface area contributed by atoms with Crippen LogP contribution in [0.5, 0.6) is 11.5 Å². The Balaban J connectivity index is 1.87. The highest BCUT2D eigenvalue weighted by atomic mass is 16.5. The van der Waals surface area contributed by atoms with E-state index in [1.54, 1.807) is 26.4 Å². The average molecular weight is 374 g/mol. The summed E-state index contributed by atoms with van der Waals surface area (Å²) in [4.78, 5) is 25.6. The predicted octanol–water partition coefficient (Wildman–Crippen LogP) is 4.66. The Bertz CT molecular complexity index is 866. The molecular formula is C24H22O4. The van der Waals surface area contributed by atoms with Crippen LogP contribution in [0.25, 0.3) is 12.2 Å². The molecule has 3 rings (SSSR count). The molecule has 0 heterocycles. The van der Waals surface area contributed by atoms with Crippen molar-refractivity contribution >= 4 is 23.7 Å². The molecule has 0 fully saturated rings. The van der Waals surface area contributed by atoms with E-state index < -0.39 is 11.6 Å². The van der Waals surface area contributed by atoms with Crippen LogP contribution in [0, 0.1) is 0 Å². The molecule has 1 aliphatic carbocycles. The first-order chi connectivity index (χ1) is 13.6. The Labute approximate surface area is 164 Å². The summed E-state index contributed by atoms with van der Waals surface area (Å²) in [7, 11) is 3.21. The molecule has 4 nitrogen and oxygen atoms in total. The summed E-state index contributed by atoms with van der Waals surface area (Å²) in [6.07, 6.45) is 8.27. The molecule has 0 saturated heterocycles. The number of ether oxygens (including phenoxy) is 2. The largest absolute Gasteiger partial charge is 0.497 e. The zero-order chi connectivity index (χ0) is 19.9. The monoisotopic (exact) mass is 374 g/mol. The van der Waals surface area contributed by atoms with Gasteiger partial charge in [0, 0.05) is 11.1 Å². The SMILES string of the molecule is COc1ccc(/C=C2/CC=CC/C(=C/c3ccc(OC)cc3)C(=O)C2=O)cc1. The second kappa shape index (κ2) is 9.00. The normalized spacial score (nSPS) is 17.5. The fourth-order valence-corrected chi connectivity index (χ4v) is 2.95. The Morgan fingerprint density at radius 2 is 1.00 bits per heavy atom. The summed E-state index contributed by atoms with van der Waals surface area (Å²) in [6.45, 7) is 0. The van der Waals surface area contributed by atoms with E-state index in [9.17, 15) is 9.59 Å². The second-order valence-corrected chi connectivity index (χ2v) is 6.42. The molecule has 0 saturated carbocycles. The highest BCUT2D eigenvalue weighted by Gasteiger charge is 2.23. The minimum Gasteiger partial charge on any atom is -0.497 e. The van der Waals surface area contributed by atoms with Gasteiger partial charge in [-0.15, -0.1) is 0 Å². The van der Waals surface area contributed by atoms with Gasteiger partial charge in [0.2, 0.25) is 11.6 Å². The van der Waals surface area contributed by atoms with Crippen LogP contribution in [0.3, 0.4) is 0 Å². The third-order valence-electron chi connectivity index (χ3n) is 4.55. The lowest BCUT2D eigenvalue weighted by Gasteiger charge is -2.10. The number of allylic oxidation sites excluding steroid dienone is 4. The van der Waals surface area contributed by atoms with Gasteiger partial charge in [-0.1, -0.05) is 36.4 Å². The maximum absolute atomic E-state index is 12.8. The molecule has 142 valence electrons. The van der Waals surface area contributed by atoms with Crippen molar-refractivity contribution in [2.75, 3.05) is 14.2 Å². The van der Waals surface area contributed by atoms with Crippen LogP contribution in [0.2, 0.25) is 0 Å². The second-order valence-electron chi connectivity index (χ2n) is 6.42. The van der Waals surface area contributed by atoms with E-state index in [0.717, 1.165) is 22.6 Å². The maximum atomic E-state index is 12.8. The first-order valence-electron chi connectivity index (χ1n) is 9.04. The quantitative estimate of drug-likeness (QED) is 0.444. The van der Waals surface area contributed by atoms with Crippen LogP contribution in [-0.4, -0.2) is 25.8 Å². The summed E-state index contributed by atoms with van der Waals surface area (Å²) >= 11 is 0. The van der Waals surface area contributed by atoms with Crippen LogP contribution in [0.4, 0.5) is 0 Å². The van der Waals surface area contributed by atoms with Gasteiger partial charge in [-0.05, 0) is 60.4 Å². The zero-order valence-corrected chi connectivity index (χ0v) is 16.0. The smallest absolute Gasteiger partial charge is 0.229 e. The van der Waals surface area contributed by atoms with E-state index in [1.807, 2.05) is 60.7 Å². The van der Waals surface area contributed by atoms with Gasteiger partial charge in [-0.25, -0.2) is 0 Å². The van der Waals surface area contributed by atoms with Crippen LogP contribution >= 0.6 is 0 Å². The summed E-state index contributed by atoms with van der Waals surface area (Å²) in [5.41, 5.74) is 2.66. The standard InChI is InChI=1S/C24H22O4/c1-27-21-11-7-17(8-12-21)15-19-5-3-4-6-20(24(26)23(19)25)16-18-9-13-22(28-2)14-10-18/h3-4,7-16H,5-6H2,1-2H3/b4-3?,19-15-,20-16-. The Morgan fingerprint density at radius 1 is 0.643 bits per heavy atom. The number of Topliss-reactive ketones (excluding diaryl/α,β-unsaturated/α-hetero) is 2. The number of methoxy groups -OCH3 is 2. The Morgan fingerprint density at radius 3 is 1.32 bits per heavy atom. The lowest BCUT2D eigenvalue weighted by Crippen LogP contribution is -2.19. The van der Waals surface area contributed by atoms with Crippen molar-refractivity contribution in [3.63, 3.8) is 0 Å². The molecule has 2 aromatic carbocycles. The van der Waals surface area contributed by atoms with Crippen molar-refractivity contribution < 1.29 is 19.1 Å². The lowest BCUT2D eigenvalue weighted by molar-refractivity contribution is -0.132. The van der Waals surface area contributed by atoms with E-state index in [4.69, 9.17) is 9.47 Å². The van der Waals surface area contributed by atoms with Gasteiger partial charge in [-0.2, -0.15) is 0 Å². The summed E-state index contributed by atoms with van der Waals surface area (Å²) in [5, 5.41) is 0. The summed E-state index contributed by atoms with van der Waals surface area (Å²) < 4.78 is 10.3. The molecule has 2 aromatic rings. The van der Waals surface area contributed by atoms with Crippen molar-refractivity contribution in [2.45, 2.75) is 12.8 Å². The van der Waals surface area contributed by atoms with Gasteiger partial charge in [0.15, 0.2) is 0 Å². The first kappa shape index (κ1) is 19.4. The predicted molar refractivity (Wildman–Crippen MR) is 110 cm³/mol. The number of hydrogen-bond acceptors (Lipinski definition) is 4. The number of rotatable bonds is 4. The third-order valence-corrected chi connectivity index (χ3v) is 4.55. The molecule has 0 aliphatic heterocycles. The lowest BCUT2D eigenvalue weighted by atomic mass is 9.92. The molecule has 1 aliphatic rings. The van der Waals surface area contributed by atoms with Crippen molar-refractivity contribution in [1.82, 2.24) is 0 Å². The average Bonchev–Trinajstić information content (AvgIpc) is 2.74. The molecular weight excluding hydrogens is 352 g/mol. The van der Waals surface area contributed by atoms with Crippen LogP contribution in [0.1, 0.15) is 24.0 Å². The topological polar surface area (TPSA) is 52.6 Å². The van der Waals surface area contributed by atoms with Crippen LogP contribution in [0.15, 0.2) is 71.8 Å². The van der Waals surface area contributed by atoms with Gasteiger partial charge in [0.05, 0.1) is 14.2 Å². The summed E-state index contributed by atoms with van der Waals surface area (Å²) in [5.74, 6) is 0.568. The highest BCUT2D eigenvalue weighted by molar-refractivity contribution is 6.50. The van der Waals surface area contributed by atoms with E-state index in [2.05, 4.69) is 0 Å². The van der Waals surface area contributed by atoms with Gasteiger partial charge < -0.3 is 9.47 Å². The van der Waals surface area contributed by atoms with Crippen LogP contribution in [-0.2, 0) is 9.59 Å². The Kier molecular flexibility index (Phi) is 6.22.